The van der Waals surface area contributed by atoms with Crippen LogP contribution in [0.15, 0.2) is 12.1 Å². The Labute approximate surface area is 131 Å². The van der Waals surface area contributed by atoms with Crippen LogP contribution in [0.5, 0.6) is 17.2 Å². The lowest BCUT2D eigenvalue weighted by Gasteiger charge is -2.24. The molecule has 0 aromatic heterocycles. The molecule has 22 heavy (non-hydrogen) atoms. The third kappa shape index (κ3) is 4.53. The van der Waals surface area contributed by atoms with Crippen molar-refractivity contribution in [3.05, 3.63) is 17.7 Å². The quantitative estimate of drug-likeness (QED) is 0.760. The molecule has 124 valence electrons. The summed E-state index contributed by atoms with van der Waals surface area (Å²) in [5.74, 6) is 1.67. The van der Waals surface area contributed by atoms with Crippen LogP contribution in [0.3, 0.4) is 0 Å². The molecule has 1 amide bonds. The molecule has 0 aliphatic heterocycles. The van der Waals surface area contributed by atoms with Crippen LogP contribution in [0.25, 0.3) is 0 Å². The molecular weight excluding hydrogens is 284 g/mol. The molecule has 0 aliphatic rings. The molecule has 0 fully saturated rings. The van der Waals surface area contributed by atoms with Crippen LogP contribution in [0.2, 0.25) is 0 Å². The smallest absolute Gasteiger partial charge is 0.220 e. The van der Waals surface area contributed by atoms with E-state index in [1.54, 1.807) is 27.4 Å². The Balaban J connectivity index is 2.84. The number of rotatable bonds is 8. The van der Waals surface area contributed by atoms with Gasteiger partial charge in [-0.2, -0.15) is 0 Å². The van der Waals surface area contributed by atoms with Crippen molar-refractivity contribution in [2.24, 2.45) is 5.73 Å². The predicted molar refractivity (Wildman–Crippen MR) is 85.7 cm³/mol. The molecule has 3 N–H and O–H groups in total. The summed E-state index contributed by atoms with van der Waals surface area (Å²) in [6.45, 7) is 4.17. The highest BCUT2D eigenvalue weighted by molar-refractivity contribution is 5.77. The van der Waals surface area contributed by atoms with E-state index >= 15 is 0 Å². The second-order valence-corrected chi connectivity index (χ2v) is 5.63. The summed E-state index contributed by atoms with van der Waals surface area (Å²) in [6, 6.07) is 3.68. The molecule has 0 bridgehead atoms. The number of aryl methyl sites for hydroxylation is 1. The number of hydrogen-bond acceptors (Lipinski definition) is 5. The highest BCUT2D eigenvalue weighted by Gasteiger charge is 2.20. The Morgan fingerprint density at radius 2 is 1.77 bits per heavy atom. The van der Waals surface area contributed by atoms with Gasteiger partial charge in [-0.1, -0.05) is 6.07 Å². The maximum Gasteiger partial charge on any atom is 0.220 e. The molecule has 1 aromatic rings. The molecule has 0 saturated carbocycles. The standard InChI is InChI=1S/C16H26N2O4/c1-16(2,10-17)18-13(19)9-7-11-6-8-12(20-3)15(22-5)14(11)21-4/h6,8H,7,9-10,17H2,1-5H3,(H,18,19). The van der Waals surface area contributed by atoms with Gasteiger partial charge in [0.15, 0.2) is 11.5 Å². The first-order chi connectivity index (χ1) is 10.4. The third-order valence-electron chi connectivity index (χ3n) is 3.40. The van der Waals surface area contributed by atoms with E-state index in [9.17, 15) is 4.79 Å². The summed E-state index contributed by atoms with van der Waals surface area (Å²) in [4.78, 5) is 12.0. The number of benzene rings is 1. The largest absolute Gasteiger partial charge is 0.493 e. The first-order valence-corrected chi connectivity index (χ1v) is 7.17. The highest BCUT2D eigenvalue weighted by Crippen LogP contribution is 2.40. The van der Waals surface area contributed by atoms with Gasteiger partial charge >= 0.3 is 0 Å². The molecule has 0 atom stereocenters. The molecule has 1 aromatic carbocycles. The Kier molecular flexibility index (Phi) is 6.49. The normalized spacial score (nSPS) is 11.0. The van der Waals surface area contributed by atoms with E-state index in [-0.39, 0.29) is 5.91 Å². The minimum Gasteiger partial charge on any atom is -0.493 e. The Morgan fingerprint density at radius 3 is 2.27 bits per heavy atom. The summed E-state index contributed by atoms with van der Waals surface area (Å²) < 4.78 is 16.0. The van der Waals surface area contributed by atoms with Gasteiger partial charge in [0, 0.05) is 18.5 Å². The van der Waals surface area contributed by atoms with Gasteiger partial charge in [0.1, 0.15) is 0 Å². The summed E-state index contributed by atoms with van der Waals surface area (Å²) >= 11 is 0. The van der Waals surface area contributed by atoms with Crippen LogP contribution < -0.4 is 25.3 Å². The number of methoxy groups -OCH3 is 3. The average molecular weight is 310 g/mol. The Hall–Kier alpha value is -1.95. The van der Waals surface area contributed by atoms with Crippen molar-refractivity contribution in [1.29, 1.82) is 0 Å². The zero-order chi connectivity index (χ0) is 16.8. The number of hydrogen-bond donors (Lipinski definition) is 2. The van der Waals surface area contributed by atoms with Crippen LogP contribution in [0.4, 0.5) is 0 Å². The summed E-state index contributed by atoms with van der Waals surface area (Å²) in [7, 11) is 4.69. The molecule has 6 nitrogen and oxygen atoms in total. The highest BCUT2D eigenvalue weighted by atomic mass is 16.5. The van der Waals surface area contributed by atoms with Crippen molar-refractivity contribution in [1.82, 2.24) is 5.32 Å². The Morgan fingerprint density at radius 1 is 1.14 bits per heavy atom. The lowest BCUT2D eigenvalue weighted by atomic mass is 10.0. The second-order valence-electron chi connectivity index (χ2n) is 5.63. The average Bonchev–Trinajstić information content (AvgIpc) is 2.51. The van der Waals surface area contributed by atoms with E-state index in [2.05, 4.69) is 5.32 Å². The van der Waals surface area contributed by atoms with Gasteiger partial charge in [0.25, 0.3) is 0 Å². The molecular formula is C16H26N2O4. The van der Waals surface area contributed by atoms with Crippen molar-refractivity contribution < 1.29 is 19.0 Å². The molecule has 0 radical (unpaired) electrons. The monoisotopic (exact) mass is 310 g/mol. The van der Waals surface area contributed by atoms with Gasteiger partial charge in [0.2, 0.25) is 11.7 Å². The molecule has 1 rings (SSSR count). The van der Waals surface area contributed by atoms with E-state index in [0.29, 0.717) is 36.6 Å². The molecule has 6 heteroatoms. The van der Waals surface area contributed by atoms with Crippen molar-refractivity contribution in [2.45, 2.75) is 32.2 Å². The van der Waals surface area contributed by atoms with Crippen LogP contribution in [-0.2, 0) is 11.2 Å². The third-order valence-corrected chi connectivity index (χ3v) is 3.40. The predicted octanol–water partition coefficient (Wildman–Crippen LogP) is 1.50. The summed E-state index contributed by atoms with van der Waals surface area (Å²) in [5, 5.41) is 2.90. The van der Waals surface area contributed by atoms with Crippen LogP contribution in [0.1, 0.15) is 25.8 Å². The topological polar surface area (TPSA) is 82.8 Å². The Bertz CT molecular complexity index is 515. The molecule has 0 aliphatic carbocycles. The fraction of sp³-hybridized carbons (Fsp3) is 0.562. The second kappa shape index (κ2) is 7.89. The van der Waals surface area contributed by atoms with Crippen molar-refractivity contribution in [3.63, 3.8) is 0 Å². The van der Waals surface area contributed by atoms with Gasteiger partial charge in [-0.25, -0.2) is 0 Å². The van der Waals surface area contributed by atoms with Gasteiger partial charge in [-0.3, -0.25) is 4.79 Å². The zero-order valence-corrected chi connectivity index (χ0v) is 14.0. The van der Waals surface area contributed by atoms with Crippen molar-refractivity contribution in [2.75, 3.05) is 27.9 Å². The molecule has 0 spiro atoms. The minimum absolute atomic E-state index is 0.0488. The minimum atomic E-state index is -0.404. The number of amides is 1. The van der Waals surface area contributed by atoms with E-state index < -0.39 is 5.54 Å². The first kappa shape index (κ1) is 18.1. The van der Waals surface area contributed by atoms with E-state index in [1.807, 2.05) is 19.9 Å². The number of carbonyl (C=O) groups excluding carboxylic acids is 1. The number of carbonyl (C=O) groups is 1. The van der Waals surface area contributed by atoms with Crippen molar-refractivity contribution >= 4 is 5.91 Å². The van der Waals surface area contributed by atoms with Gasteiger partial charge in [0.05, 0.1) is 21.3 Å². The van der Waals surface area contributed by atoms with Crippen LogP contribution >= 0.6 is 0 Å². The van der Waals surface area contributed by atoms with E-state index in [4.69, 9.17) is 19.9 Å². The van der Waals surface area contributed by atoms with Gasteiger partial charge in [-0.15, -0.1) is 0 Å². The zero-order valence-electron chi connectivity index (χ0n) is 14.0. The van der Waals surface area contributed by atoms with Crippen LogP contribution in [0, 0.1) is 0 Å². The maximum atomic E-state index is 12.0. The van der Waals surface area contributed by atoms with Crippen LogP contribution in [-0.4, -0.2) is 39.3 Å². The number of ether oxygens (including phenoxy) is 3. The summed E-state index contributed by atoms with van der Waals surface area (Å²) in [6.07, 6.45) is 0.880. The summed E-state index contributed by atoms with van der Waals surface area (Å²) in [5.41, 5.74) is 6.10. The SMILES string of the molecule is COc1ccc(CCC(=O)NC(C)(C)CN)c(OC)c1OC. The first-order valence-electron chi connectivity index (χ1n) is 7.17. The van der Waals surface area contributed by atoms with E-state index in [1.165, 1.54) is 0 Å². The molecule has 0 saturated heterocycles. The number of nitrogens with two attached hydrogens (primary N) is 1. The number of nitrogens with one attached hydrogen (secondary N) is 1. The maximum absolute atomic E-state index is 12.0. The van der Waals surface area contributed by atoms with Gasteiger partial charge < -0.3 is 25.3 Å². The fourth-order valence-corrected chi connectivity index (χ4v) is 2.10. The molecule has 0 unspecified atom stereocenters. The van der Waals surface area contributed by atoms with E-state index in [0.717, 1.165) is 5.56 Å². The molecule has 0 heterocycles. The lowest BCUT2D eigenvalue weighted by molar-refractivity contribution is -0.122. The fourth-order valence-electron chi connectivity index (χ4n) is 2.10. The lowest BCUT2D eigenvalue weighted by Crippen LogP contribution is -2.48. The van der Waals surface area contributed by atoms with Crippen molar-refractivity contribution in [3.8, 4) is 17.2 Å². The van der Waals surface area contributed by atoms with Gasteiger partial charge in [-0.05, 0) is 31.9 Å².